The summed E-state index contributed by atoms with van der Waals surface area (Å²) in [6.45, 7) is 2.24. The Morgan fingerprint density at radius 3 is 2.96 bits per heavy atom. The molecule has 23 heavy (non-hydrogen) atoms. The van der Waals surface area contributed by atoms with Crippen LogP contribution in [0.1, 0.15) is 10.4 Å². The third kappa shape index (κ3) is 3.33. The minimum atomic E-state index is -0.999. The highest BCUT2D eigenvalue weighted by molar-refractivity contribution is 5.97. The van der Waals surface area contributed by atoms with Gasteiger partial charge in [0.1, 0.15) is 5.82 Å². The molecule has 1 aromatic carbocycles. The van der Waals surface area contributed by atoms with Gasteiger partial charge in [0.25, 0.3) is 0 Å². The number of aromatic carboxylic acids is 1. The van der Waals surface area contributed by atoms with E-state index in [1.54, 1.807) is 12.1 Å². The van der Waals surface area contributed by atoms with E-state index in [1.165, 1.54) is 6.07 Å². The van der Waals surface area contributed by atoms with Crippen LogP contribution in [-0.2, 0) is 9.47 Å². The van der Waals surface area contributed by atoms with Crippen molar-refractivity contribution in [3.63, 3.8) is 0 Å². The van der Waals surface area contributed by atoms with Crippen molar-refractivity contribution in [2.24, 2.45) is 0 Å². The molecule has 1 aliphatic heterocycles. The topological polar surface area (TPSA) is 111 Å². The summed E-state index contributed by atoms with van der Waals surface area (Å²) in [4.78, 5) is 21.5. The number of aromatic nitrogens is 2. The van der Waals surface area contributed by atoms with E-state index in [0.29, 0.717) is 43.1 Å². The van der Waals surface area contributed by atoms with Crippen molar-refractivity contribution in [1.82, 2.24) is 9.97 Å². The molecule has 3 rings (SSSR count). The number of anilines is 2. The van der Waals surface area contributed by atoms with E-state index in [0.717, 1.165) is 0 Å². The van der Waals surface area contributed by atoms with E-state index < -0.39 is 5.97 Å². The fourth-order valence-corrected chi connectivity index (χ4v) is 2.59. The highest BCUT2D eigenvalue weighted by atomic mass is 16.6. The molecule has 0 unspecified atom stereocenters. The lowest BCUT2D eigenvalue weighted by Crippen LogP contribution is -2.38. The highest BCUT2D eigenvalue weighted by Crippen LogP contribution is 2.25. The summed E-state index contributed by atoms with van der Waals surface area (Å²) in [6.07, 6.45) is -0.0670. The molecule has 1 aliphatic rings. The number of carboxylic acid groups (broad SMARTS) is 1. The fraction of sp³-hybridized carbons (Fsp3) is 0.400. The molecule has 0 aliphatic carbocycles. The molecule has 0 amide bonds. The first-order valence-corrected chi connectivity index (χ1v) is 7.25. The summed E-state index contributed by atoms with van der Waals surface area (Å²) in [5, 5.41) is 9.81. The molecule has 0 radical (unpaired) electrons. The van der Waals surface area contributed by atoms with Gasteiger partial charge in [-0.15, -0.1) is 0 Å². The molecule has 1 atom stereocenters. The Hall–Kier alpha value is -2.45. The molecule has 0 saturated carbocycles. The molecule has 0 bridgehead atoms. The number of benzene rings is 1. The Balaban J connectivity index is 1.96. The number of hydrogen-bond acceptors (Lipinski definition) is 7. The van der Waals surface area contributed by atoms with Gasteiger partial charge in [0.15, 0.2) is 0 Å². The zero-order chi connectivity index (χ0) is 16.4. The maximum Gasteiger partial charge on any atom is 0.335 e. The summed E-state index contributed by atoms with van der Waals surface area (Å²) >= 11 is 0. The molecular formula is C15H18N4O4. The van der Waals surface area contributed by atoms with Crippen molar-refractivity contribution in [3.8, 4) is 0 Å². The number of nitrogens with two attached hydrogens (primary N) is 1. The molecule has 1 fully saturated rings. The normalized spacial score (nSPS) is 18.0. The van der Waals surface area contributed by atoms with Crippen molar-refractivity contribution in [1.29, 1.82) is 0 Å². The van der Waals surface area contributed by atoms with Crippen molar-refractivity contribution in [2.45, 2.75) is 6.10 Å². The number of hydrogen-bond donors (Lipinski definition) is 2. The molecule has 1 aromatic heterocycles. The lowest BCUT2D eigenvalue weighted by molar-refractivity contribution is -0.0837. The zero-order valence-electron chi connectivity index (χ0n) is 12.7. The average molecular weight is 318 g/mol. The molecule has 3 N–H and O–H groups in total. The van der Waals surface area contributed by atoms with Gasteiger partial charge in [-0.05, 0) is 18.2 Å². The number of nitrogen functional groups attached to an aromatic ring is 1. The molecule has 2 heterocycles. The monoisotopic (exact) mass is 318 g/mol. The van der Waals surface area contributed by atoms with Gasteiger partial charge >= 0.3 is 5.97 Å². The Bertz CT molecular complexity index is 731. The Morgan fingerprint density at radius 2 is 2.26 bits per heavy atom. The first kappa shape index (κ1) is 15.4. The van der Waals surface area contributed by atoms with Gasteiger partial charge in [-0.25, -0.2) is 9.78 Å². The largest absolute Gasteiger partial charge is 0.478 e. The van der Waals surface area contributed by atoms with Crippen LogP contribution in [0.4, 0.5) is 11.8 Å². The van der Waals surface area contributed by atoms with Crippen LogP contribution in [0.15, 0.2) is 18.2 Å². The second kappa shape index (κ2) is 6.35. The van der Waals surface area contributed by atoms with Crippen LogP contribution in [-0.4, -0.2) is 60.6 Å². The lowest BCUT2D eigenvalue weighted by atomic mass is 10.1. The summed E-state index contributed by atoms with van der Waals surface area (Å²) in [5.41, 5.74) is 6.55. The highest BCUT2D eigenvalue weighted by Gasteiger charge is 2.19. The standard InChI is InChI=1S/C15H18N4O4/c1-19(7-10-8-22-4-5-23-10)13-11-6-9(14(20)21)2-3-12(11)17-15(16)18-13/h2-3,6,10H,4-5,7-8H2,1H3,(H,20,21)(H2,16,17,18)/t10-/m1/s1. The summed E-state index contributed by atoms with van der Waals surface area (Å²) < 4.78 is 11.0. The van der Waals surface area contributed by atoms with E-state index in [9.17, 15) is 9.90 Å². The maximum atomic E-state index is 11.2. The molecule has 1 saturated heterocycles. The van der Waals surface area contributed by atoms with Crippen molar-refractivity contribution >= 4 is 28.6 Å². The molecule has 8 nitrogen and oxygen atoms in total. The number of fused-ring (bicyclic) bond motifs is 1. The average Bonchev–Trinajstić information content (AvgIpc) is 2.54. The molecule has 122 valence electrons. The van der Waals surface area contributed by atoms with Gasteiger partial charge in [0.2, 0.25) is 5.95 Å². The van der Waals surface area contributed by atoms with E-state index >= 15 is 0 Å². The second-order valence-electron chi connectivity index (χ2n) is 5.39. The number of nitrogens with zero attached hydrogens (tertiary/aromatic N) is 3. The number of carboxylic acids is 1. The Morgan fingerprint density at radius 1 is 1.43 bits per heavy atom. The van der Waals surface area contributed by atoms with Crippen LogP contribution in [0, 0.1) is 0 Å². The van der Waals surface area contributed by atoms with Crippen LogP contribution >= 0.6 is 0 Å². The van der Waals surface area contributed by atoms with Crippen LogP contribution in [0.25, 0.3) is 10.9 Å². The Kier molecular flexibility index (Phi) is 4.26. The lowest BCUT2D eigenvalue weighted by Gasteiger charge is -2.28. The zero-order valence-corrected chi connectivity index (χ0v) is 12.7. The van der Waals surface area contributed by atoms with E-state index in [4.69, 9.17) is 15.2 Å². The maximum absolute atomic E-state index is 11.2. The number of rotatable bonds is 4. The van der Waals surface area contributed by atoms with Gasteiger partial charge < -0.3 is 25.2 Å². The van der Waals surface area contributed by atoms with Gasteiger partial charge in [-0.2, -0.15) is 4.98 Å². The Labute approximate surface area is 132 Å². The molecule has 8 heteroatoms. The van der Waals surface area contributed by atoms with Gasteiger partial charge in [-0.3, -0.25) is 0 Å². The predicted molar refractivity (Wildman–Crippen MR) is 84.7 cm³/mol. The third-order valence-electron chi connectivity index (χ3n) is 3.66. The third-order valence-corrected chi connectivity index (χ3v) is 3.66. The van der Waals surface area contributed by atoms with Crippen LogP contribution in [0.3, 0.4) is 0 Å². The predicted octanol–water partition coefficient (Wildman–Crippen LogP) is 0.762. The fourth-order valence-electron chi connectivity index (χ4n) is 2.59. The quantitative estimate of drug-likeness (QED) is 0.850. The van der Waals surface area contributed by atoms with Gasteiger partial charge in [-0.1, -0.05) is 0 Å². The van der Waals surface area contributed by atoms with E-state index in [1.807, 2.05) is 11.9 Å². The van der Waals surface area contributed by atoms with Crippen molar-refractivity contribution in [3.05, 3.63) is 23.8 Å². The molecule has 0 spiro atoms. The minimum absolute atomic E-state index is 0.0670. The van der Waals surface area contributed by atoms with E-state index in [-0.39, 0.29) is 17.6 Å². The van der Waals surface area contributed by atoms with Crippen molar-refractivity contribution in [2.75, 3.05) is 44.0 Å². The first-order chi connectivity index (χ1) is 11.0. The molecular weight excluding hydrogens is 300 g/mol. The smallest absolute Gasteiger partial charge is 0.335 e. The van der Waals surface area contributed by atoms with E-state index in [2.05, 4.69) is 9.97 Å². The number of likely N-dealkylation sites (N-methyl/N-ethyl adjacent to an activating group) is 1. The minimum Gasteiger partial charge on any atom is -0.478 e. The second-order valence-corrected chi connectivity index (χ2v) is 5.39. The van der Waals surface area contributed by atoms with Crippen LogP contribution in [0.5, 0.6) is 0 Å². The SMILES string of the molecule is CN(C[C@@H]1COCCO1)c1nc(N)nc2ccc(C(=O)O)cc12. The molecule has 2 aromatic rings. The first-order valence-electron chi connectivity index (χ1n) is 7.25. The summed E-state index contributed by atoms with van der Waals surface area (Å²) in [7, 11) is 1.85. The van der Waals surface area contributed by atoms with Crippen molar-refractivity contribution < 1.29 is 19.4 Å². The van der Waals surface area contributed by atoms with Gasteiger partial charge in [0, 0.05) is 19.0 Å². The number of carbonyl (C=O) groups is 1. The number of ether oxygens (including phenoxy) is 2. The summed E-state index contributed by atoms with van der Waals surface area (Å²) in [5.74, 6) is -0.283. The summed E-state index contributed by atoms with van der Waals surface area (Å²) in [6, 6.07) is 4.69. The van der Waals surface area contributed by atoms with Gasteiger partial charge in [0.05, 0.1) is 37.0 Å². The van der Waals surface area contributed by atoms with Crippen LogP contribution < -0.4 is 10.6 Å². The van der Waals surface area contributed by atoms with Crippen LogP contribution in [0.2, 0.25) is 0 Å².